The van der Waals surface area contributed by atoms with Crippen molar-refractivity contribution >= 4 is 22.8 Å². The summed E-state index contributed by atoms with van der Waals surface area (Å²) in [4.78, 5) is 35.9. The van der Waals surface area contributed by atoms with Gasteiger partial charge in [-0.15, -0.1) is 0 Å². The predicted octanol–water partition coefficient (Wildman–Crippen LogP) is 2.03. The zero-order valence-electron chi connectivity index (χ0n) is 15.8. The second-order valence-electron chi connectivity index (χ2n) is 6.12. The Bertz CT molecular complexity index is 916. The monoisotopic (exact) mass is 377 g/mol. The summed E-state index contributed by atoms with van der Waals surface area (Å²) in [5.41, 5.74) is 0.322. The largest absolute Gasteiger partial charge is 0.496 e. The van der Waals surface area contributed by atoms with Crippen LogP contribution in [0.15, 0.2) is 21.3 Å². The van der Waals surface area contributed by atoms with Gasteiger partial charge >= 0.3 is 11.6 Å². The fraction of sp³-hybridized carbons (Fsp3) is 0.421. The van der Waals surface area contributed by atoms with Gasteiger partial charge in [0.15, 0.2) is 0 Å². The number of methoxy groups -OCH3 is 2. The highest BCUT2D eigenvalue weighted by Gasteiger charge is 2.22. The molecule has 0 radical (unpaired) electrons. The van der Waals surface area contributed by atoms with Gasteiger partial charge in [-0.3, -0.25) is 4.79 Å². The van der Waals surface area contributed by atoms with Crippen LogP contribution in [0.1, 0.15) is 30.9 Å². The number of carboxylic acid groups (broad SMARTS) is 1. The average molecular weight is 377 g/mol. The molecule has 1 amide bonds. The molecule has 0 saturated heterocycles. The van der Waals surface area contributed by atoms with Crippen LogP contribution in [0.3, 0.4) is 0 Å². The summed E-state index contributed by atoms with van der Waals surface area (Å²) in [6.07, 6.45) is 0.625. The minimum atomic E-state index is -1.11. The van der Waals surface area contributed by atoms with Crippen LogP contribution in [0.25, 0.3) is 11.0 Å². The summed E-state index contributed by atoms with van der Waals surface area (Å²) < 4.78 is 15.9. The van der Waals surface area contributed by atoms with Crippen molar-refractivity contribution in [3.63, 3.8) is 0 Å². The topological polar surface area (TPSA) is 115 Å². The Hall–Kier alpha value is -3.03. The smallest absolute Gasteiger partial charge is 0.340 e. The molecule has 1 aromatic carbocycles. The summed E-state index contributed by atoms with van der Waals surface area (Å²) in [5.74, 6) is -0.753. The number of rotatable bonds is 8. The molecule has 1 atom stereocenters. The lowest BCUT2D eigenvalue weighted by Gasteiger charge is -2.15. The minimum Gasteiger partial charge on any atom is -0.496 e. The number of carboxylic acids is 1. The van der Waals surface area contributed by atoms with Crippen LogP contribution in [0.2, 0.25) is 0 Å². The molecule has 27 heavy (non-hydrogen) atoms. The first-order valence-corrected chi connectivity index (χ1v) is 8.52. The van der Waals surface area contributed by atoms with Crippen molar-refractivity contribution in [3.05, 3.63) is 33.7 Å². The van der Waals surface area contributed by atoms with Crippen LogP contribution in [-0.4, -0.2) is 37.2 Å². The standard InChI is InChI=1S/C19H23NO7/c1-5-6-13(18(22)23)20-16(21)9-12-10(2)17-14(26-4)7-11(25-3)8-15(17)27-19(12)24/h7-8,13H,5-6,9H2,1-4H3,(H,20,21)(H,22,23). The normalized spacial score (nSPS) is 11.9. The molecule has 1 unspecified atom stereocenters. The summed E-state index contributed by atoms with van der Waals surface area (Å²) in [6, 6.07) is 2.23. The van der Waals surface area contributed by atoms with Gasteiger partial charge in [0.2, 0.25) is 5.91 Å². The van der Waals surface area contributed by atoms with Gasteiger partial charge in [0.1, 0.15) is 23.1 Å². The highest BCUT2D eigenvalue weighted by Crippen LogP contribution is 2.33. The molecular weight excluding hydrogens is 354 g/mol. The maximum absolute atomic E-state index is 12.4. The van der Waals surface area contributed by atoms with Gasteiger partial charge in [-0.25, -0.2) is 9.59 Å². The Kier molecular flexibility index (Phi) is 6.44. The Balaban J connectivity index is 2.43. The number of amides is 1. The third kappa shape index (κ3) is 4.39. The summed E-state index contributed by atoms with van der Waals surface area (Å²) in [6.45, 7) is 3.52. The van der Waals surface area contributed by atoms with E-state index in [4.69, 9.17) is 19.0 Å². The number of carbonyl (C=O) groups excluding carboxylic acids is 1. The van der Waals surface area contributed by atoms with Crippen LogP contribution in [-0.2, 0) is 16.0 Å². The number of carbonyl (C=O) groups is 2. The number of nitrogens with one attached hydrogen (secondary N) is 1. The highest BCUT2D eigenvalue weighted by molar-refractivity contribution is 5.91. The first-order valence-electron chi connectivity index (χ1n) is 8.52. The van der Waals surface area contributed by atoms with E-state index in [9.17, 15) is 14.4 Å². The summed E-state index contributed by atoms with van der Waals surface area (Å²) >= 11 is 0. The molecule has 2 aromatic rings. The Morgan fingerprint density at radius 2 is 1.96 bits per heavy atom. The van der Waals surface area contributed by atoms with E-state index in [1.807, 2.05) is 6.92 Å². The van der Waals surface area contributed by atoms with E-state index in [1.165, 1.54) is 14.2 Å². The van der Waals surface area contributed by atoms with Crippen LogP contribution in [0.4, 0.5) is 0 Å². The van der Waals surface area contributed by atoms with Gasteiger partial charge in [0.25, 0.3) is 0 Å². The Morgan fingerprint density at radius 3 is 2.52 bits per heavy atom. The number of aryl methyl sites for hydroxylation is 1. The van der Waals surface area contributed by atoms with Gasteiger partial charge in [-0.2, -0.15) is 0 Å². The zero-order valence-corrected chi connectivity index (χ0v) is 15.8. The number of benzene rings is 1. The number of ether oxygens (including phenoxy) is 2. The quantitative estimate of drug-likeness (QED) is 0.676. The van der Waals surface area contributed by atoms with E-state index < -0.39 is 23.5 Å². The fourth-order valence-electron chi connectivity index (χ4n) is 2.92. The van der Waals surface area contributed by atoms with Gasteiger partial charge in [0, 0.05) is 12.1 Å². The molecule has 0 saturated carbocycles. The van der Waals surface area contributed by atoms with Crippen molar-refractivity contribution in [2.45, 2.75) is 39.2 Å². The van der Waals surface area contributed by atoms with Crippen LogP contribution in [0, 0.1) is 6.92 Å². The fourth-order valence-corrected chi connectivity index (χ4v) is 2.92. The van der Waals surface area contributed by atoms with E-state index in [0.29, 0.717) is 35.3 Å². The van der Waals surface area contributed by atoms with Gasteiger partial charge in [-0.1, -0.05) is 13.3 Å². The van der Waals surface area contributed by atoms with E-state index in [1.54, 1.807) is 19.1 Å². The van der Waals surface area contributed by atoms with Crippen LogP contribution >= 0.6 is 0 Å². The van der Waals surface area contributed by atoms with E-state index in [-0.39, 0.29) is 17.6 Å². The molecule has 146 valence electrons. The van der Waals surface area contributed by atoms with Gasteiger partial charge in [-0.05, 0) is 18.9 Å². The minimum absolute atomic E-state index is 0.157. The SMILES string of the molecule is CCCC(NC(=O)Cc1c(C)c2c(OC)cc(OC)cc2oc1=O)C(=O)O. The van der Waals surface area contributed by atoms with Crippen molar-refractivity contribution in [2.75, 3.05) is 14.2 Å². The summed E-state index contributed by atoms with van der Waals surface area (Å²) in [7, 11) is 2.97. The van der Waals surface area contributed by atoms with E-state index in [2.05, 4.69) is 5.32 Å². The highest BCUT2D eigenvalue weighted by atomic mass is 16.5. The van der Waals surface area contributed by atoms with Crippen molar-refractivity contribution < 1.29 is 28.6 Å². The molecule has 0 aliphatic carbocycles. The first kappa shape index (κ1) is 20.3. The summed E-state index contributed by atoms with van der Waals surface area (Å²) in [5, 5.41) is 12.2. The first-order chi connectivity index (χ1) is 12.8. The molecule has 1 aromatic heterocycles. The predicted molar refractivity (Wildman–Crippen MR) is 98.5 cm³/mol. The molecule has 1 heterocycles. The third-order valence-electron chi connectivity index (χ3n) is 4.32. The number of hydrogen-bond acceptors (Lipinski definition) is 6. The zero-order chi connectivity index (χ0) is 20.1. The molecule has 0 aliphatic heterocycles. The van der Waals surface area contributed by atoms with Crippen molar-refractivity contribution in [2.24, 2.45) is 0 Å². The lowest BCUT2D eigenvalue weighted by atomic mass is 10.0. The lowest BCUT2D eigenvalue weighted by Crippen LogP contribution is -2.41. The van der Waals surface area contributed by atoms with E-state index in [0.717, 1.165) is 0 Å². The maximum atomic E-state index is 12.4. The van der Waals surface area contributed by atoms with E-state index >= 15 is 0 Å². The van der Waals surface area contributed by atoms with Gasteiger partial charge < -0.3 is 24.3 Å². The molecule has 0 spiro atoms. The molecule has 0 fully saturated rings. The van der Waals surface area contributed by atoms with Crippen molar-refractivity contribution in [1.82, 2.24) is 5.32 Å². The number of aliphatic carboxylic acids is 1. The molecule has 0 aliphatic rings. The molecule has 2 N–H and O–H groups in total. The second kappa shape index (κ2) is 8.57. The number of fused-ring (bicyclic) bond motifs is 1. The molecular formula is C19H23NO7. The molecule has 8 heteroatoms. The average Bonchev–Trinajstić information content (AvgIpc) is 2.63. The number of hydrogen-bond donors (Lipinski definition) is 2. The second-order valence-corrected chi connectivity index (χ2v) is 6.12. The lowest BCUT2D eigenvalue weighted by molar-refractivity contribution is -0.141. The molecule has 8 nitrogen and oxygen atoms in total. The van der Waals surface area contributed by atoms with Crippen LogP contribution < -0.4 is 20.4 Å². The van der Waals surface area contributed by atoms with Crippen LogP contribution in [0.5, 0.6) is 11.5 Å². The maximum Gasteiger partial charge on any atom is 0.340 e. The molecule has 2 rings (SSSR count). The Labute approximate surface area is 156 Å². The molecule has 0 bridgehead atoms. The van der Waals surface area contributed by atoms with Crippen molar-refractivity contribution in [1.29, 1.82) is 0 Å². The third-order valence-corrected chi connectivity index (χ3v) is 4.32. The Morgan fingerprint density at radius 1 is 1.26 bits per heavy atom. The van der Waals surface area contributed by atoms with Gasteiger partial charge in [0.05, 0.1) is 31.6 Å². The van der Waals surface area contributed by atoms with Crippen molar-refractivity contribution in [3.8, 4) is 11.5 Å².